The summed E-state index contributed by atoms with van der Waals surface area (Å²) < 4.78 is 25.4. The SMILES string of the molecule is CCc1ccc(S(=O)(=O)N2CCC2)cc1. The molecule has 0 spiro atoms. The highest BCUT2D eigenvalue weighted by atomic mass is 32.2. The first-order valence-corrected chi connectivity index (χ1v) is 6.67. The topological polar surface area (TPSA) is 37.4 Å². The number of sulfonamides is 1. The molecule has 3 nitrogen and oxygen atoms in total. The minimum atomic E-state index is -3.19. The van der Waals surface area contributed by atoms with Crippen LogP contribution in [0.15, 0.2) is 29.2 Å². The Labute approximate surface area is 90.8 Å². The van der Waals surface area contributed by atoms with Crippen molar-refractivity contribution in [2.45, 2.75) is 24.7 Å². The van der Waals surface area contributed by atoms with Crippen molar-refractivity contribution >= 4 is 10.0 Å². The van der Waals surface area contributed by atoms with E-state index in [0.717, 1.165) is 18.4 Å². The molecule has 1 aliphatic heterocycles. The van der Waals surface area contributed by atoms with Crippen LogP contribution in [0.1, 0.15) is 18.9 Å². The summed E-state index contributed by atoms with van der Waals surface area (Å²) in [6, 6.07) is 7.16. The van der Waals surface area contributed by atoms with Crippen LogP contribution in [0.2, 0.25) is 0 Å². The van der Waals surface area contributed by atoms with Crippen molar-refractivity contribution in [1.82, 2.24) is 4.31 Å². The molecule has 0 radical (unpaired) electrons. The van der Waals surface area contributed by atoms with E-state index >= 15 is 0 Å². The van der Waals surface area contributed by atoms with Gasteiger partial charge in [0, 0.05) is 13.1 Å². The van der Waals surface area contributed by atoms with E-state index in [4.69, 9.17) is 0 Å². The third kappa shape index (κ3) is 1.92. The fraction of sp³-hybridized carbons (Fsp3) is 0.455. The average molecular weight is 225 g/mol. The van der Waals surface area contributed by atoms with E-state index in [9.17, 15) is 8.42 Å². The Morgan fingerprint density at radius 1 is 1.20 bits per heavy atom. The Morgan fingerprint density at radius 3 is 2.20 bits per heavy atom. The molecule has 0 atom stereocenters. The van der Waals surface area contributed by atoms with Crippen LogP contribution >= 0.6 is 0 Å². The summed E-state index contributed by atoms with van der Waals surface area (Å²) in [6.45, 7) is 3.38. The molecule has 1 fully saturated rings. The molecule has 0 N–H and O–H groups in total. The number of aryl methyl sites for hydroxylation is 1. The Hall–Kier alpha value is -0.870. The average Bonchev–Trinajstić information content (AvgIpc) is 2.14. The van der Waals surface area contributed by atoms with Gasteiger partial charge in [0.15, 0.2) is 0 Å². The lowest BCUT2D eigenvalue weighted by Gasteiger charge is -2.29. The number of rotatable bonds is 3. The van der Waals surface area contributed by atoms with Crippen LogP contribution in [-0.4, -0.2) is 25.8 Å². The van der Waals surface area contributed by atoms with Gasteiger partial charge in [-0.1, -0.05) is 19.1 Å². The van der Waals surface area contributed by atoms with E-state index in [0.29, 0.717) is 18.0 Å². The predicted octanol–water partition coefficient (Wildman–Crippen LogP) is 1.64. The molecular weight excluding hydrogens is 210 g/mol. The van der Waals surface area contributed by atoms with Crippen LogP contribution in [0.3, 0.4) is 0 Å². The zero-order valence-corrected chi connectivity index (χ0v) is 9.63. The molecule has 1 heterocycles. The van der Waals surface area contributed by atoms with Crippen LogP contribution in [0.5, 0.6) is 0 Å². The minimum Gasteiger partial charge on any atom is -0.207 e. The summed E-state index contributed by atoms with van der Waals surface area (Å²) >= 11 is 0. The van der Waals surface area contributed by atoms with Gasteiger partial charge in [-0.25, -0.2) is 8.42 Å². The van der Waals surface area contributed by atoms with E-state index in [1.807, 2.05) is 12.1 Å². The second-order valence-corrected chi connectivity index (χ2v) is 5.69. The van der Waals surface area contributed by atoms with Crippen molar-refractivity contribution in [2.75, 3.05) is 13.1 Å². The monoisotopic (exact) mass is 225 g/mol. The lowest BCUT2D eigenvalue weighted by Crippen LogP contribution is -2.41. The van der Waals surface area contributed by atoms with Gasteiger partial charge in [0.1, 0.15) is 0 Å². The Balaban J connectivity index is 2.28. The predicted molar refractivity (Wildman–Crippen MR) is 59.2 cm³/mol. The van der Waals surface area contributed by atoms with E-state index in [1.165, 1.54) is 4.31 Å². The van der Waals surface area contributed by atoms with Gasteiger partial charge in [0.2, 0.25) is 10.0 Å². The quantitative estimate of drug-likeness (QED) is 0.784. The highest BCUT2D eigenvalue weighted by molar-refractivity contribution is 7.89. The van der Waals surface area contributed by atoms with E-state index in [1.54, 1.807) is 12.1 Å². The zero-order valence-electron chi connectivity index (χ0n) is 8.81. The molecule has 0 aliphatic carbocycles. The minimum absolute atomic E-state index is 0.416. The molecule has 0 bridgehead atoms. The number of nitrogens with zero attached hydrogens (tertiary/aromatic N) is 1. The Bertz CT molecular complexity index is 432. The summed E-state index contributed by atoms with van der Waals surface area (Å²) in [5.74, 6) is 0. The van der Waals surface area contributed by atoms with Crippen molar-refractivity contribution in [3.63, 3.8) is 0 Å². The molecule has 15 heavy (non-hydrogen) atoms. The van der Waals surface area contributed by atoms with Crippen LogP contribution in [0, 0.1) is 0 Å². The van der Waals surface area contributed by atoms with E-state index < -0.39 is 10.0 Å². The van der Waals surface area contributed by atoms with Crippen molar-refractivity contribution in [2.24, 2.45) is 0 Å². The molecule has 0 saturated carbocycles. The van der Waals surface area contributed by atoms with Gasteiger partial charge >= 0.3 is 0 Å². The molecule has 1 saturated heterocycles. The molecule has 0 unspecified atom stereocenters. The van der Waals surface area contributed by atoms with Gasteiger partial charge in [0.05, 0.1) is 4.90 Å². The van der Waals surface area contributed by atoms with Crippen LogP contribution in [-0.2, 0) is 16.4 Å². The summed E-state index contributed by atoms with van der Waals surface area (Å²) in [6.07, 6.45) is 1.91. The van der Waals surface area contributed by atoms with Gasteiger partial charge in [-0.2, -0.15) is 4.31 Å². The molecule has 4 heteroatoms. The first-order valence-electron chi connectivity index (χ1n) is 5.23. The van der Waals surface area contributed by atoms with Gasteiger partial charge < -0.3 is 0 Å². The van der Waals surface area contributed by atoms with Crippen molar-refractivity contribution < 1.29 is 8.42 Å². The van der Waals surface area contributed by atoms with E-state index in [-0.39, 0.29) is 0 Å². The molecule has 1 aromatic carbocycles. The maximum atomic E-state index is 11.9. The number of hydrogen-bond donors (Lipinski definition) is 0. The van der Waals surface area contributed by atoms with Crippen LogP contribution in [0.4, 0.5) is 0 Å². The molecule has 0 amide bonds. The van der Waals surface area contributed by atoms with Crippen molar-refractivity contribution in [3.05, 3.63) is 29.8 Å². The number of hydrogen-bond acceptors (Lipinski definition) is 2. The maximum Gasteiger partial charge on any atom is 0.243 e. The largest absolute Gasteiger partial charge is 0.243 e. The third-order valence-corrected chi connectivity index (χ3v) is 4.70. The molecular formula is C11H15NO2S. The van der Waals surface area contributed by atoms with Crippen LogP contribution in [0.25, 0.3) is 0 Å². The van der Waals surface area contributed by atoms with Gasteiger partial charge in [0.25, 0.3) is 0 Å². The summed E-state index contributed by atoms with van der Waals surface area (Å²) in [5.41, 5.74) is 1.16. The first-order chi connectivity index (χ1) is 7.14. The Morgan fingerprint density at radius 2 is 1.80 bits per heavy atom. The second kappa shape index (κ2) is 3.94. The lowest BCUT2D eigenvalue weighted by atomic mass is 10.2. The molecule has 1 aliphatic rings. The Kier molecular flexibility index (Phi) is 2.80. The van der Waals surface area contributed by atoms with Gasteiger partial charge in [-0.15, -0.1) is 0 Å². The molecule has 82 valence electrons. The zero-order chi connectivity index (χ0) is 10.9. The third-order valence-electron chi connectivity index (χ3n) is 2.78. The number of benzene rings is 1. The van der Waals surface area contributed by atoms with Crippen molar-refractivity contribution in [3.8, 4) is 0 Å². The smallest absolute Gasteiger partial charge is 0.207 e. The molecule has 0 aromatic heterocycles. The van der Waals surface area contributed by atoms with Crippen LogP contribution < -0.4 is 0 Å². The van der Waals surface area contributed by atoms with Gasteiger partial charge in [-0.3, -0.25) is 0 Å². The molecule has 1 aromatic rings. The fourth-order valence-electron chi connectivity index (χ4n) is 1.57. The lowest BCUT2D eigenvalue weighted by molar-refractivity contribution is 0.309. The molecule has 2 rings (SSSR count). The summed E-state index contributed by atoms with van der Waals surface area (Å²) in [4.78, 5) is 0.416. The van der Waals surface area contributed by atoms with Gasteiger partial charge in [-0.05, 0) is 30.5 Å². The van der Waals surface area contributed by atoms with Crippen molar-refractivity contribution in [1.29, 1.82) is 0 Å². The van der Waals surface area contributed by atoms with E-state index in [2.05, 4.69) is 6.92 Å². The maximum absolute atomic E-state index is 11.9. The second-order valence-electron chi connectivity index (χ2n) is 3.76. The summed E-state index contributed by atoms with van der Waals surface area (Å²) in [5, 5.41) is 0. The summed E-state index contributed by atoms with van der Waals surface area (Å²) in [7, 11) is -3.19. The standard InChI is InChI=1S/C11H15NO2S/c1-2-10-4-6-11(7-5-10)15(13,14)12-8-3-9-12/h4-7H,2-3,8-9H2,1H3. The fourth-order valence-corrected chi connectivity index (χ4v) is 3.09. The highest BCUT2D eigenvalue weighted by Crippen LogP contribution is 2.21. The highest BCUT2D eigenvalue weighted by Gasteiger charge is 2.28. The normalized spacial score (nSPS) is 17.4. The first kappa shape index (κ1) is 10.6.